The minimum Gasteiger partial charge on any atom is -0.326 e. The summed E-state index contributed by atoms with van der Waals surface area (Å²) in [5.74, 6) is -0.976. The van der Waals surface area contributed by atoms with Gasteiger partial charge in [-0.3, -0.25) is 19.7 Å². The second-order valence-electron chi connectivity index (χ2n) is 6.99. The van der Waals surface area contributed by atoms with Gasteiger partial charge in [0, 0.05) is 23.7 Å². The number of aromatic nitrogens is 2. The lowest BCUT2D eigenvalue weighted by Crippen LogP contribution is -2.16. The maximum atomic E-state index is 12.6. The molecule has 164 valence electrons. The highest BCUT2D eigenvalue weighted by atomic mass is 32.1. The normalized spacial score (nSPS) is 10.3. The molecule has 0 atom stereocenters. The smallest absolute Gasteiger partial charge is 0.257 e. The van der Waals surface area contributed by atoms with Gasteiger partial charge in [0.25, 0.3) is 11.8 Å². The SMILES string of the molecule is CC(=O)Nc1ccccc1C(=O)Nc1ccc(C(=O)Nc2nnc(-c3ccccc3)s2)cc1. The van der Waals surface area contributed by atoms with Crippen LogP contribution in [0.25, 0.3) is 10.6 Å². The summed E-state index contributed by atoms with van der Waals surface area (Å²) in [6.45, 7) is 1.38. The van der Waals surface area contributed by atoms with Gasteiger partial charge in [-0.2, -0.15) is 0 Å². The molecule has 3 aromatic carbocycles. The summed E-state index contributed by atoms with van der Waals surface area (Å²) in [6.07, 6.45) is 0. The molecule has 1 heterocycles. The largest absolute Gasteiger partial charge is 0.326 e. The van der Waals surface area contributed by atoms with Crippen molar-refractivity contribution in [2.75, 3.05) is 16.0 Å². The van der Waals surface area contributed by atoms with Crippen molar-refractivity contribution < 1.29 is 14.4 Å². The molecule has 0 saturated heterocycles. The molecule has 0 spiro atoms. The first kappa shape index (κ1) is 21.8. The molecular formula is C24H19N5O3S. The molecule has 4 aromatic rings. The number of hydrogen-bond donors (Lipinski definition) is 3. The topological polar surface area (TPSA) is 113 Å². The van der Waals surface area contributed by atoms with Crippen molar-refractivity contribution in [1.82, 2.24) is 10.2 Å². The minimum atomic E-state index is -0.376. The second kappa shape index (κ2) is 9.84. The third-order valence-electron chi connectivity index (χ3n) is 4.55. The summed E-state index contributed by atoms with van der Waals surface area (Å²) in [5, 5.41) is 17.4. The van der Waals surface area contributed by atoms with Crippen molar-refractivity contribution in [3.05, 3.63) is 90.0 Å². The number of carbonyl (C=O) groups is 3. The summed E-state index contributed by atoms with van der Waals surface area (Å²) in [4.78, 5) is 36.6. The molecule has 0 aliphatic carbocycles. The van der Waals surface area contributed by atoms with Gasteiger partial charge in [0.2, 0.25) is 11.0 Å². The van der Waals surface area contributed by atoms with E-state index in [0.29, 0.717) is 32.6 Å². The molecule has 0 bridgehead atoms. The molecule has 0 fully saturated rings. The van der Waals surface area contributed by atoms with E-state index in [1.54, 1.807) is 48.5 Å². The quantitative estimate of drug-likeness (QED) is 0.389. The fourth-order valence-electron chi connectivity index (χ4n) is 3.02. The van der Waals surface area contributed by atoms with Crippen molar-refractivity contribution in [3.8, 4) is 10.6 Å². The number of benzene rings is 3. The van der Waals surface area contributed by atoms with E-state index >= 15 is 0 Å². The number of nitrogens with zero attached hydrogens (tertiary/aromatic N) is 2. The lowest BCUT2D eigenvalue weighted by atomic mass is 10.1. The van der Waals surface area contributed by atoms with Crippen LogP contribution in [0.5, 0.6) is 0 Å². The van der Waals surface area contributed by atoms with Gasteiger partial charge in [-0.05, 0) is 36.4 Å². The van der Waals surface area contributed by atoms with E-state index in [0.717, 1.165) is 5.56 Å². The molecule has 1 aromatic heterocycles. The van der Waals surface area contributed by atoms with E-state index < -0.39 is 0 Å². The van der Waals surface area contributed by atoms with Crippen LogP contribution in [0.4, 0.5) is 16.5 Å². The first-order chi connectivity index (χ1) is 16.0. The molecule has 4 rings (SSSR count). The Hall–Kier alpha value is -4.37. The van der Waals surface area contributed by atoms with Gasteiger partial charge in [0.05, 0.1) is 11.3 Å². The number of hydrogen-bond acceptors (Lipinski definition) is 6. The highest BCUT2D eigenvalue weighted by Gasteiger charge is 2.14. The van der Waals surface area contributed by atoms with Crippen LogP contribution in [0, 0.1) is 0 Å². The third kappa shape index (κ3) is 5.46. The van der Waals surface area contributed by atoms with E-state index in [9.17, 15) is 14.4 Å². The van der Waals surface area contributed by atoms with E-state index in [4.69, 9.17) is 0 Å². The van der Waals surface area contributed by atoms with Crippen LogP contribution in [-0.4, -0.2) is 27.9 Å². The Balaban J connectivity index is 1.40. The number of para-hydroxylation sites is 1. The lowest BCUT2D eigenvalue weighted by Gasteiger charge is -2.10. The molecule has 0 unspecified atom stereocenters. The van der Waals surface area contributed by atoms with Gasteiger partial charge < -0.3 is 10.6 Å². The highest BCUT2D eigenvalue weighted by Crippen LogP contribution is 2.26. The van der Waals surface area contributed by atoms with Crippen LogP contribution >= 0.6 is 11.3 Å². The summed E-state index contributed by atoms with van der Waals surface area (Å²) >= 11 is 1.28. The fourth-order valence-corrected chi connectivity index (χ4v) is 3.77. The summed E-state index contributed by atoms with van der Waals surface area (Å²) < 4.78 is 0. The van der Waals surface area contributed by atoms with Crippen molar-refractivity contribution >= 4 is 45.6 Å². The second-order valence-corrected chi connectivity index (χ2v) is 7.97. The predicted molar refractivity (Wildman–Crippen MR) is 128 cm³/mol. The van der Waals surface area contributed by atoms with E-state index in [1.807, 2.05) is 30.3 Å². The Labute approximate surface area is 193 Å². The number of amides is 3. The van der Waals surface area contributed by atoms with Gasteiger partial charge in [0.15, 0.2) is 0 Å². The number of rotatable bonds is 6. The molecular weight excluding hydrogens is 438 g/mol. The average Bonchev–Trinajstić information content (AvgIpc) is 3.28. The molecule has 0 aliphatic rings. The van der Waals surface area contributed by atoms with Crippen molar-refractivity contribution in [1.29, 1.82) is 0 Å². The lowest BCUT2D eigenvalue weighted by molar-refractivity contribution is -0.114. The molecule has 0 aliphatic heterocycles. The Morgan fingerprint density at radius 1 is 0.727 bits per heavy atom. The van der Waals surface area contributed by atoms with Gasteiger partial charge in [-0.25, -0.2) is 0 Å². The molecule has 33 heavy (non-hydrogen) atoms. The molecule has 9 heteroatoms. The third-order valence-corrected chi connectivity index (χ3v) is 5.44. The van der Waals surface area contributed by atoms with Gasteiger partial charge in [0.1, 0.15) is 5.01 Å². The molecule has 0 radical (unpaired) electrons. The zero-order valence-corrected chi connectivity index (χ0v) is 18.3. The Morgan fingerprint density at radius 3 is 2.15 bits per heavy atom. The van der Waals surface area contributed by atoms with Gasteiger partial charge >= 0.3 is 0 Å². The van der Waals surface area contributed by atoms with Gasteiger partial charge in [-0.15, -0.1) is 10.2 Å². The van der Waals surface area contributed by atoms with E-state index in [2.05, 4.69) is 26.1 Å². The zero-order chi connectivity index (χ0) is 23.2. The average molecular weight is 458 g/mol. The standard InChI is InChI=1S/C24H19N5O3S/c1-15(30)25-20-10-6-5-9-19(20)22(32)26-18-13-11-16(12-14-18)21(31)27-24-29-28-23(33-24)17-7-3-2-4-8-17/h2-14H,1H3,(H,25,30)(H,26,32)(H,27,29,31). The molecule has 3 amide bonds. The number of anilines is 3. The van der Waals surface area contributed by atoms with Crippen molar-refractivity contribution in [2.24, 2.45) is 0 Å². The van der Waals surface area contributed by atoms with Crippen LogP contribution in [0.3, 0.4) is 0 Å². The first-order valence-corrected chi connectivity index (χ1v) is 10.8. The number of carbonyl (C=O) groups excluding carboxylic acids is 3. The highest BCUT2D eigenvalue weighted by molar-refractivity contribution is 7.18. The summed E-state index contributed by atoms with van der Waals surface area (Å²) in [5.41, 5.74) is 2.60. The summed E-state index contributed by atoms with van der Waals surface area (Å²) in [6, 6.07) is 22.8. The van der Waals surface area contributed by atoms with Crippen LogP contribution < -0.4 is 16.0 Å². The first-order valence-electron chi connectivity index (χ1n) is 9.98. The van der Waals surface area contributed by atoms with Crippen LogP contribution in [0.2, 0.25) is 0 Å². The molecule has 0 saturated carbocycles. The van der Waals surface area contributed by atoms with Crippen molar-refractivity contribution in [2.45, 2.75) is 6.92 Å². The predicted octanol–water partition coefficient (Wildman–Crippen LogP) is 4.67. The summed E-state index contributed by atoms with van der Waals surface area (Å²) in [7, 11) is 0. The number of nitrogens with one attached hydrogen (secondary N) is 3. The monoisotopic (exact) mass is 457 g/mol. The van der Waals surface area contributed by atoms with Gasteiger partial charge in [-0.1, -0.05) is 53.8 Å². The Bertz CT molecular complexity index is 1300. The Morgan fingerprint density at radius 2 is 1.42 bits per heavy atom. The maximum absolute atomic E-state index is 12.6. The van der Waals surface area contributed by atoms with Crippen LogP contribution in [0.1, 0.15) is 27.6 Å². The minimum absolute atomic E-state index is 0.267. The Kier molecular flexibility index (Phi) is 6.51. The molecule has 3 N–H and O–H groups in total. The zero-order valence-electron chi connectivity index (χ0n) is 17.5. The molecule has 8 nitrogen and oxygen atoms in total. The van der Waals surface area contributed by atoms with Crippen molar-refractivity contribution in [3.63, 3.8) is 0 Å². The van der Waals surface area contributed by atoms with E-state index in [1.165, 1.54) is 18.3 Å². The maximum Gasteiger partial charge on any atom is 0.257 e. The van der Waals surface area contributed by atoms with Crippen LogP contribution in [0.15, 0.2) is 78.9 Å². The van der Waals surface area contributed by atoms with Crippen LogP contribution in [-0.2, 0) is 4.79 Å². The fraction of sp³-hybridized carbons (Fsp3) is 0.0417. The van der Waals surface area contributed by atoms with E-state index in [-0.39, 0.29) is 17.7 Å².